The summed E-state index contributed by atoms with van der Waals surface area (Å²) in [6.45, 7) is 13.1. The first-order valence-electron chi connectivity index (χ1n) is 15.3. The zero-order valence-electron chi connectivity index (χ0n) is 26.6. The van der Waals surface area contributed by atoms with E-state index in [0.717, 1.165) is 24.9 Å². The molecule has 0 spiro atoms. The molecule has 3 heterocycles. The van der Waals surface area contributed by atoms with E-state index in [4.69, 9.17) is 13.5 Å². The summed E-state index contributed by atoms with van der Waals surface area (Å²) in [4.78, 5) is 17.9. The third-order valence-corrected chi connectivity index (χ3v) is 13.4. The number of nitrogens with zero attached hydrogens (tertiary/aromatic N) is 4. The van der Waals surface area contributed by atoms with Crippen LogP contribution in [0.1, 0.15) is 57.3 Å². The van der Waals surface area contributed by atoms with Crippen molar-refractivity contribution in [3.8, 4) is 34.3 Å². The number of alkyl halides is 3. The van der Waals surface area contributed by atoms with E-state index in [2.05, 4.69) is 54.1 Å². The van der Waals surface area contributed by atoms with Gasteiger partial charge in [-0.1, -0.05) is 85.7 Å². The Kier molecular flexibility index (Phi) is 9.57. The normalized spacial score (nSPS) is 17.3. The Labute approximate surface area is 266 Å². The molecule has 0 unspecified atom stereocenters. The number of benzene rings is 2. The second-order valence-electron chi connectivity index (χ2n) is 13.4. The molecule has 1 N–H and O–H groups in total. The molecule has 2 aromatic heterocycles. The molecular weight excluding hydrogens is 617 g/mol. The van der Waals surface area contributed by atoms with Crippen LogP contribution < -0.4 is 0 Å². The van der Waals surface area contributed by atoms with E-state index in [1.54, 1.807) is 30.3 Å². The predicted molar refractivity (Wildman–Crippen MR) is 168 cm³/mol. The zero-order chi connectivity index (χ0) is 33.3. The molecule has 13 heteroatoms. The number of likely N-dealkylation sites (tertiary alicyclic amines) is 1. The number of aliphatic carboxylic acids is 1. The maximum atomic E-state index is 14.2. The molecule has 0 aliphatic carbocycles. The number of carboxylic acid groups (broad SMARTS) is 1. The first kappa shape index (κ1) is 33.5. The van der Waals surface area contributed by atoms with Gasteiger partial charge < -0.3 is 23.5 Å². The molecule has 1 saturated heterocycles. The molecule has 1 aliphatic heterocycles. The van der Waals surface area contributed by atoms with Crippen molar-refractivity contribution in [1.82, 2.24) is 20.2 Å². The van der Waals surface area contributed by atoms with Crippen LogP contribution in [0.4, 0.5) is 13.2 Å². The summed E-state index contributed by atoms with van der Waals surface area (Å²) in [5, 5.41) is 16.9. The van der Waals surface area contributed by atoms with Crippen LogP contribution in [-0.4, -0.2) is 59.2 Å². The van der Waals surface area contributed by atoms with Gasteiger partial charge in [-0.05, 0) is 49.0 Å². The lowest BCUT2D eigenvalue weighted by Crippen LogP contribution is -2.45. The van der Waals surface area contributed by atoms with Gasteiger partial charge in [0.2, 0.25) is 11.6 Å². The molecule has 9 nitrogen and oxygen atoms in total. The van der Waals surface area contributed by atoms with E-state index >= 15 is 0 Å². The summed E-state index contributed by atoms with van der Waals surface area (Å²) >= 11 is 0. The lowest BCUT2D eigenvalue weighted by atomic mass is 9.94. The predicted octanol–water partition coefficient (Wildman–Crippen LogP) is 8.33. The second kappa shape index (κ2) is 13.1. The van der Waals surface area contributed by atoms with Gasteiger partial charge in [-0.2, -0.15) is 18.2 Å². The molecule has 2 aromatic carbocycles. The molecule has 4 aromatic rings. The van der Waals surface area contributed by atoms with Crippen LogP contribution >= 0.6 is 0 Å². The van der Waals surface area contributed by atoms with Crippen LogP contribution in [0.2, 0.25) is 18.1 Å². The Morgan fingerprint density at radius 1 is 1.04 bits per heavy atom. The lowest BCUT2D eigenvalue weighted by Gasteiger charge is -2.42. The van der Waals surface area contributed by atoms with Crippen LogP contribution in [0.5, 0.6) is 0 Å². The highest BCUT2D eigenvalue weighted by Gasteiger charge is 2.43. The van der Waals surface area contributed by atoms with Crippen LogP contribution in [0, 0.1) is 5.92 Å². The number of hydrogen-bond donors (Lipinski definition) is 1. The molecular formula is C33H39F3N4O5Si. The monoisotopic (exact) mass is 656 g/mol. The van der Waals surface area contributed by atoms with Crippen LogP contribution in [-0.2, 0) is 15.4 Å². The van der Waals surface area contributed by atoms with Crippen molar-refractivity contribution in [3.63, 3.8) is 0 Å². The minimum Gasteiger partial charge on any atom is -0.481 e. The minimum atomic E-state index is -4.78. The molecule has 5 rings (SSSR count). The minimum absolute atomic E-state index is 0.0314. The molecule has 246 valence electrons. The number of hydrogen-bond acceptors (Lipinski definition) is 8. The lowest BCUT2D eigenvalue weighted by molar-refractivity contribution is -0.139. The summed E-state index contributed by atoms with van der Waals surface area (Å²) in [6.07, 6.45) is -3.07. The van der Waals surface area contributed by atoms with Crippen molar-refractivity contribution in [3.05, 3.63) is 65.7 Å². The highest BCUT2D eigenvalue weighted by Crippen LogP contribution is 2.43. The van der Waals surface area contributed by atoms with E-state index in [0.29, 0.717) is 18.7 Å². The van der Waals surface area contributed by atoms with Crippen molar-refractivity contribution < 1.29 is 36.5 Å². The number of aromatic nitrogens is 3. The van der Waals surface area contributed by atoms with Gasteiger partial charge in [0.15, 0.2) is 8.32 Å². The van der Waals surface area contributed by atoms with Gasteiger partial charge in [0.1, 0.15) is 11.3 Å². The molecule has 46 heavy (non-hydrogen) atoms. The van der Waals surface area contributed by atoms with Gasteiger partial charge in [0.25, 0.3) is 5.89 Å². The van der Waals surface area contributed by atoms with Gasteiger partial charge in [0.05, 0.1) is 6.10 Å². The maximum Gasteiger partial charge on any atom is 0.422 e. The standard InChI is InChI=1S/C33H39F3N4O5Si/c1-32(2,3)46(4,5)45-25(20-40-17-9-10-21(19-40)18-26(41)42)22-13-15-24(16-14-22)30-37-31(44-39-30)29-27(33(34,35)36)28(38-43-29)23-11-7-6-8-12-23/h6-8,11-16,21,25H,9-10,17-20H2,1-5H3,(H,41,42)/t21-,25-/m1/s1. The summed E-state index contributed by atoms with van der Waals surface area (Å²) < 4.78 is 59.8. The first-order chi connectivity index (χ1) is 21.6. The second-order valence-corrected chi connectivity index (χ2v) is 18.1. The summed E-state index contributed by atoms with van der Waals surface area (Å²) in [5.74, 6) is -1.66. The van der Waals surface area contributed by atoms with Crippen LogP contribution in [0.25, 0.3) is 34.3 Å². The zero-order valence-corrected chi connectivity index (χ0v) is 27.6. The Bertz CT molecular complexity index is 1630. The number of piperidine rings is 1. The largest absolute Gasteiger partial charge is 0.481 e. The maximum absolute atomic E-state index is 14.2. The van der Waals surface area contributed by atoms with Crippen LogP contribution in [0.15, 0.2) is 63.6 Å². The SMILES string of the molecule is CC(C)(C)[Si](C)(C)O[C@H](CN1CCC[C@H](CC(=O)O)C1)c1ccc(-c2noc(-c3onc(-c4ccccc4)c3C(F)(F)F)n2)cc1. The molecule has 1 aliphatic rings. The Morgan fingerprint density at radius 3 is 2.37 bits per heavy atom. The number of halogens is 3. The van der Waals surface area contributed by atoms with Gasteiger partial charge in [-0.15, -0.1) is 0 Å². The van der Waals surface area contributed by atoms with Gasteiger partial charge in [-0.3, -0.25) is 4.79 Å². The quantitative estimate of drug-likeness (QED) is 0.168. The average Bonchev–Trinajstić information content (AvgIpc) is 3.65. The smallest absolute Gasteiger partial charge is 0.422 e. The third-order valence-electron chi connectivity index (χ3n) is 8.92. The topological polar surface area (TPSA) is 115 Å². The van der Waals surface area contributed by atoms with Gasteiger partial charge >= 0.3 is 12.1 Å². The van der Waals surface area contributed by atoms with Crippen molar-refractivity contribution in [2.24, 2.45) is 5.92 Å². The summed E-state index contributed by atoms with van der Waals surface area (Å²) in [5.41, 5.74) is 0.276. The van der Waals surface area contributed by atoms with Gasteiger partial charge in [-0.25, -0.2) is 0 Å². The van der Waals surface area contributed by atoms with Crippen molar-refractivity contribution >= 4 is 14.3 Å². The molecule has 0 bridgehead atoms. The van der Waals surface area contributed by atoms with E-state index in [1.807, 2.05) is 12.1 Å². The fourth-order valence-corrected chi connectivity index (χ4v) is 6.76. The molecule has 0 saturated carbocycles. The third kappa shape index (κ3) is 7.59. The molecule has 1 fully saturated rings. The van der Waals surface area contributed by atoms with Crippen molar-refractivity contribution in [1.29, 1.82) is 0 Å². The highest BCUT2D eigenvalue weighted by atomic mass is 28.4. The van der Waals surface area contributed by atoms with Gasteiger partial charge in [0, 0.05) is 30.6 Å². The summed E-state index contributed by atoms with van der Waals surface area (Å²) in [6, 6.07) is 15.3. The highest BCUT2D eigenvalue weighted by molar-refractivity contribution is 6.74. The van der Waals surface area contributed by atoms with E-state index in [-0.39, 0.29) is 40.6 Å². The fourth-order valence-electron chi connectivity index (χ4n) is 5.48. The average molecular weight is 657 g/mol. The van der Waals surface area contributed by atoms with Crippen molar-refractivity contribution in [2.75, 3.05) is 19.6 Å². The Balaban J connectivity index is 1.40. The summed E-state index contributed by atoms with van der Waals surface area (Å²) in [7, 11) is -2.20. The number of rotatable bonds is 10. The molecule has 0 amide bonds. The first-order valence-corrected chi connectivity index (χ1v) is 18.2. The van der Waals surface area contributed by atoms with E-state index < -0.39 is 37.7 Å². The van der Waals surface area contributed by atoms with E-state index in [1.165, 1.54) is 12.1 Å². The van der Waals surface area contributed by atoms with Crippen LogP contribution in [0.3, 0.4) is 0 Å². The Hall–Kier alpha value is -3.81. The molecule has 0 radical (unpaired) electrons. The van der Waals surface area contributed by atoms with E-state index in [9.17, 15) is 23.1 Å². The Morgan fingerprint density at radius 2 is 1.74 bits per heavy atom. The number of carboxylic acids is 1. The number of carbonyl (C=O) groups is 1. The van der Waals surface area contributed by atoms with Crippen molar-refractivity contribution in [2.45, 2.75) is 70.4 Å². The fraction of sp³-hybridized carbons (Fsp3) is 0.455. The molecule has 2 atom stereocenters.